The van der Waals surface area contributed by atoms with Crippen molar-refractivity contribution < 1.29 is 0 Å². The fraction of sp³-hybridized carbons (Fsp3) is 0.562. The van der Waals surface area contributed by atoms with Crippen molar-refractivity contribution in [1.82, 2.24) is 14.5 Å². The van der Waals surface area contributed by atoms with Gasteiger partial charge in [-0.1, -0.05) is 11.6 Å². The highest BCUT2D eigenvalue weighted by Crippen LogP contribution is 2.30. The Kier molecular flexibility index (Phi) is 4.67. The molecule has 0 bridgehead atoms. The van der Waals surface area contributed by atoms with Crippen molar-refractivity contribution in [2.45, 2.75) is 45.2 Å². The maximum absolute atomic E-state index is 6.00. The summed E-state index contributed by atoms with van der Waals surface area (Å²) in [6.07, 6.45) is 6.45. The zero-order chi connectivity index (χ0) is 14.8. The molecule has 114 valence electrons. The Morgan fingerprint density at radius 3 is 2.71 bits per heavy atom. The van der Waals surface area contributed by atoms with Gasteiger partial charge in [-0.3, -0.25) is 4.90 Å². The maximum Gasteiger partial charge on any atom is 0.112 e. The lowest BCUT2D eigenvalue weighted by molar-refractivity contribution is 0.201. The number of nitrogens with zero attached hydrogens (tertiary/aromatic N) is 3. The largest absolute Gasteiger partial charge is 0.332 e. The summed E-state index contributed by atoms with van der Waals surface area (Å²) in [5.41, 5.74) is 0. The van der Waals surface area contributed by atoms with E-state index < -0.39 is 0 Å². The van der Waals surface area contributed by atoms with Crippen LogP contribution in [-0.2, 0) is 6.54 Å². The Labute approximate surface area is 135 Å². The summed E-state index contributed by atoms with van der Waals surface area (Å²) in [7, 11) is 0. The number of likely N-dealkylation sites (tertiary alicyclic amines) is 1. The highest BCUT2D eigenvalue weighted by Gasteiger charge is 2.24. The normalized spacial score (nSPS) is 17.7. The van der Waals surface area contributed by atoms with Gasteiger partial charge < -0.3 is 4.57 Å². The molecule has 0 aromatic carbocycles. The highest BCUT2D eigenvalue weighted by molar-refractivity contribution is 7.16. The Hall–Kier alpha value is -0.840. The number of halogens is 1. The number of thiophene rings is 1. The molecule has 1 aliphatic heterocycles. The fourth-order valence-corrected chi connectivity index (χ4v) is 4.21. The summed E-state index contributed by atoms with van der Waals surface area (Å²) < 4.78 is 3.21. The molecule has 0 radical (unpaired) electrons. The maximum atomic E-state index is 6.00. The molecule has 0 atom stereocenters. The zero-order valence-electron chi connectivity index (χ0n) is 12.6. The predicted octanol–water partition coefficient (Wildman–Crippen LogP) is 4.56. The second kappa shape index (κ2) is 6.51. The molecule has 1 saturated heterocycles. The van der Waals surface area contributed by atoms with Crippen LogP contribution >= 0.6 is 22.9 Å². The molecule has 1 fully saturated rings. The Bertz CT molecular complexity index is 582. The summed E-state index contributed by atoms with van der Waals surface area (Å²) in [6, 6.07) is 4.63. The third kappa shape index (κ3) is 3.50. The number of hydrogen-bond donors (Lipinski definition) is 0. The van der Waals surface area contributed by atoms with Gasteiger partial charge in [0.05, 0.1) is 4.34 Å². The van der Waals surface area contributed by atoms with Gasteiger partial charge in [0.2, 0.25) is 0 Å². The third-order valence-corrected chi connectivity index (χ3v) is 5.43. The number of rotatable bonds is 4. The van der Waals surface area contributed by atoms with Crippen LogP contribution in [0.5, 0.6) is 0 Å². The molecule has 21 heavy (non-hydrogen) atoms. The van der Waals surface area contributed by atoms with Gasteiger partial charge in [-0.05, 0) is 51.9 Å². The van der Waals surface area contributed by atoms with Crippen LogP contribution in [0.1, 0.15) is 49.4 Å². The van der Waals surface area contributed by atoms with E-state index in [1.54, 1.807) is 11.3 Å². The second-order valence-electron chi connectivity index (χ2n) is 6.04. The van der Waals surface area contributed by atoms with Gasteiger partial charge in [0.1, 0.15) is 5.82 Å². The van der Waals surface area contributed by atoms with Crippen molar-refractivity contribution in [3.8, 4) is 0 Å². The first-order chi connectivity index (χ1) is 10.1. The van der Waals surface area contributed by atoms with E-state index in [1.165, 1.54) is 23.5 Å². The summed E-state index contributed by atoms with van der Waals surface area (Å²) in [5, 5.41) is 0. The Morgan fingerprint density at radius 2 is 2.10 bits per heavy atom. The van der Waals surface area contributed by atoms with E-state index in [1.807, 2.05) is 12.3 Å². The first-order valence-electron chi connectivity index (χ1n) is 7.63. The number of aromatic nitrogens is 2. The molecule has 0 N–H and O–H groups in total. The van der Waals surface area contributed by atoms with Gasteiger partial charge in [-0.2, -0.15) is 0 Å². The van der Waals surface area contributed by atoms with Crippen LogP contribution in [0, 0.1) is 0 Å². The van der Waals surface area contributed by atoms with E-state index in [9.17, 15) is 0 Å². The molecule has 0 spiro atoms. The molecule has 0 amide bonds. The minimum atomic E-state index is 0.494. The number of hydrogen-bond acceptors (Lipinski definition) is 3. The summed E-state index contributed by atoms with van der Waals surface area (Å²) in [5.74, 6) is 1.87. The molecular formula is C16H22ClN3S. The Balaban J connectivity index is 1.58. The van der Waals surface area contributed by atoms with Crippen LogP contribution < -0.4 is 0 Å². The van der Waals surface area contributed by atoms with E-state index in [0.717, 1.165) is 24.0 Å². The molecule has 0 saturated carbocycles. The molecule has 2 aromatic rings. The lowest BCUT2D eigenvalue weighted by Gasteiger charge is -2.32. The smallest absolute Gasteiger partial charge is 0.112 e. The van der Waals surface area contributed by atoms with E-state index >= 15 is 0 Å². The number of piperidine rings is 1. The van der Waals surface area contributed by atoms with Crippen molar-refractivity contribution >= 4 is 22.9 Å². The molecule has 5 heteroatoms. The molecule has 0 unspecified atom stereocenters. The van der Waals surface area contributed by atoms with Crippen molar-refractivity contribution in [1.29, 1.82) is 0 Å². The molecule has 3 rings (SSSR count). The van der Waals surface area contributed by atoms with Gasteiger partial charge in [-0.25, -0.2) is 4.98 Å². The van der Waals surface area contributed by atoms with Crippen molar-refractivity contribution in [2.24, 2.45) is 0 Å². The zero-order valence-corrected chi connectivity index (χ0v) is 14.2. The molecule has 1 aliphatic rings. The van der Waals surface area contributed by atoms with Crippen LogP contribution in [0.4, 0.5) is 0 Å². The minimum Gasteiger partial charge on any atom is -0.332 e. The average molecular weight is 324 g/mol. The lowest BCUT2D eigenvalue weighted by atomic mass is 9.95. The quantitative estimate of drug-likeness (QED) is 0.822. The van der Waals surface area contributed by atoms with E-state index in [0.29, 0.717) is 12.0 Å². The van der Waals surface area contributed by atoms with Gasteiger partial charge in [0.15, 0.2) is 0 Å². The summed E-state index contributed by atoms with van der Waals surface area (Å²) in [4.78, 5) is 8.49. The van der Waals surface area contributed by atoms with Crippen LogP contribution in [0.15, 0.2) is 24.5 Å². The minimum absolute atomic E-state index is 0.494. The van der Waals surface area contributed by atoms with Gasteiger partial charge in [0, 0.05) is 35.8 Å². The van der Waals surface area contributed by atoms with Crippen molar-refractivity contribution in [2.75, 3.05) is 13.1 Å². The van der Waals surface area contributed by atoms with Crippen LogP contribution in [0.25, 0.3) is 0 Å². The molecule has 2 aromatic heterocycles. The average Bonchev–Trinajstić information content (AvgIpc) is 3.09. The van der Waals surface area contributed by atoms with E-state index in [2.05, 4.69) is 40.6 Å². The molecule has 3 nitrogen and oxygen atoms in total. The lowest BCUT2D eigenvalue weighted by Crippen LogP contribution is -2.33. The third-order valence-electron chi connectivity index (χ3n) is 4.22. The van der Waals surface area contributed by atoms with Crippen molar-refractivity contribution in [3.05, 3.63) is 39.6 Å². The molecule has 3 heterocycles. The summed E-state index contributed by atoms with van der Waals surface area (Å²) in [6.45, 7) is 7.76. The Morgan fingerprint density at radius 1 is 1.33 bits per heavy atom. The summed E-state index contributed by atoms with van der Waals surface area (Å²) >= 11 is 7.70. The topological polar surface area (TPSA) is 21.1 Å². The van der Waals surface area contributed by atoms with Gasteiger partial charge in [0.25, 0.3) is 0 Å². The standard InChI is InChI=1S/C16H22ClN3S/c1-12(2)20-10-7-18-16(20)13-5-8-19(9-6-13)11-14-3-4-15(17)21-14/h3-4,7,10,12-13H,5-6,8-9,11H2,1-2H3. The van der Waals surface area contributed by atoms with Crippen molar-refractivity contribution in [3.63, 3.8) is 0 Å². The SMILES string of the molecule is CC(C)n1ccnc1C1CCN(Cc2ccc(Cl)s2)CC1. The van der Waals surface area contributed by atoms with Gasteiger partial charge >= 0.3 is 0 Å². The van der Waals surface area contributed by atoms with Crippen LogP contribution in [0.3, 0.4) is 0 Å². The van der Waals surface area contributed by atoms with E-state index in [-0.39, 0.29) is 0 Å². The van der Waals surface area contributed by atoms with Gasteiger partial charge in [-0.15, -0.1) is 11.3 Å². The first-order valence-corrected chi connectivity index (χ1v) is 8.82. The molecular weight excluding hydrogens is 302 g/mol. The van der Waals surface area contributed by atoms with Crippen LogP contribution in [-0.4, -0.2) is 27.5 Å². The number of imidazole rings is 1. The second-order valence-corrected chi connectivity index (χ2v) is 7.84. The molecule has 0 aliphatic carbocycles. The predicted molar refractivity (Wildman–Crippen MR) is 89.2 cm³/mol. The first kappa shape index (κ1) is 15.1. The fourth-order valence-electron chi connectivity index (χ4n) is 3.08. The van der Waals surface area contributed by atoms with Crippen LogP contribution in [0.2, 0.25) is 4.34 Å². The van der Waals surface area contributed by atoms with E-state index in [4.69, 9.17) is 11.6 Å². The monoisotopic (exact) mass is 323 g/mol. The highest BCUT2D eigenvalue weighted by atomic mass is 35.5.